The molecule has 0 radical (unpaired) electrons. The molecule has 0 aromatic heterocycles. The maximum absolute atomic E-state index is 11.3. The number of carbonyl (C=O) groups is 2. The number of para-hydroxylation sites is 2. The van der Waals surface area contributed by atoms with Gasteiger partial charge in [0, 0.05) is 11.6 Å². The van der Waals surface area contributed by atoms with E-state index in [1.807, 2.05) is 0 Å². The standard InChI is InChI=1S/C21H26N2O6/c1-14(22-12-19(26)27)21(23-13-20(28)29,10-15-6-2-4-8-17(15)24)11-16-7-3-5-9-18(16)25/h2-9,14,22-25H,10-13H2,1H3,(H,26,27)(H,28,29). The lowest BCUT2D eigenvalue weighted by Gasteiger charge is -2.41. The van der Waals surface area contributed by atoms with Gasteiger partial charge in [-0.2, -0.15) is 0 Å². The van der Waals surface area contributed by atoms with Crippen LogP contribution in [0, 0.1) is 0 Å². The normalized spacial score (nSPS) is 12.4. The first-order valence-electron chi connectivity index (χ1n) is 9.19. The van der Waals surface area contributed by atoms with Gasteiger partial charge >= 0.3 is 11.9 Å². The third-order valence-electron chi connectivity index (χ3n) is 4.98. The van der Waals surface area contributed by atoms with E-state index in [9.17, 15) is 24.9 Å². The Hall–Kier alpha value is -3.10. The van der Waals surface area contributed by atoms with Gasteiger partial charge in [0.25, 0.3) is 0 Å². The molecule has 0 saturated carbocycles. The zero-order chi connectivity index (χ0) is 21.4. The predicted octanol–water partition coefficient (Wildman–Crippen LogP) is 1.36. The van der Waals surface area contributed by atoms with Gasteiger partial charge in [0.05, 0.1) is 13.1 Å². The Bertz CT molecular complexity index is 807. The van der Waals surface area contributed by atoms with Crippen molar-refractivity contribution in [2.45, 2.75) is 31.3 Å². The van der Waals surface area contributed by atoms with Gasteiger partial charge in [0.1, 0.15) is 11.5 Å². The molecule has 29 heavy (non-hydrogen) atoms. The maximum atomic E-state index is 11.3. The van der Waals surface area contributed by atoms with Gasteiger partial charge in [-0.05, 0) is 43.0 Å². The third-order valence-corrected chi connectivity index (χ3v) is 4.98. The second kappa shape index (κ2) is 9.90. The smallest absolute Gasteiger partial charge is 0.317 e. The highest BCUT2D eigenvalue weighted by molar-refractivity contribution is 5.69. The minimum absolute atomic E-state index is 0.0525. The van der Waals surface area contributed by atoms with Crippen molar-refractivity contribution in [2.24, 2.45) is 0 Å². The second-order valence-electron chi connectivity index (χ2n) is 7.01. The molecule has 0 fully saturated rings. The average Bonchev–Trinajstić information content (AvgIpc) is 2.67. The molecule has 0 bridgehead atoms. The van der Waals surface area contributed by atoms with Gasteiger partial charge < -0.3 is 25.7 Å². The average molecular weight is 402 g/mol. The molecule has 2 aromatic rings. The van der Waals surface area contributed by atoms with Crippen LogP contribution in [0.15, 0.2) is 48.5 Å². The highest BCUT2D eigenvalue weighted by atomic mass is 16.4. The summed E-state index contributed by atoms with van der Waals surface area (Å²) >= 11 is 0. The fourth-order valence-electron chi connectivity index (χ4n) is 3.33. The van der Waals surface area contributed by atoms with E-state index in [-0.39, 0.29) is 37.4 Å². The first-order chi connectivity index (χ1) is 13.7. The summed E-state index contributed by atoms with van der Waals surface area (Å²) in [6, 6.07) is 12.9. The van der Waals surface area contributed by atoms with E-state index in [4.69, 9.17) is 5.11 Å². The number of benzene rings is 2. The molecular weight excluding hydrogens is 376 g/mol. The van der Waals surface area contributed by atoms with E-state index < -0.39 is 23.5 Å². The molecule has 8 heteroatoms. The number of hydrogen-bond acceptors (Lipinski definition) is 6. The Morgan fingerprint density at radius 2 is 1.31 bits per heavy atom. The van der Waals surface area contributed by atoms with Crippen LogP contribution >= 0.6 is 0 Å². The van der Waals surface area contributed by atoms with E-state index >= 15 is 0 Å². The van der Waals surface area contributed by atoms with Gasteiger partial charge in [0.2, 0.25) is 0 Å². The highest BCUT2D eigenvalue weighted by Gasteiger charge is 2.38. The van der Waals surface area contributed by atoms with E-state index in [0.29, 0.717) is 11.1 Å². The van der Waals surface area contributed by atoms with Crippen LogP contribution in [0.3, 0.4) is 0 Å². The monoisotopic (exact) mass is 402 g/mol. The predicted molar refractivity (Wildman–Crippen MR) is 107 cm³/mol. The third kappa shape index (κ3) is 6.20. The lowest BCUT2D eigenvalue weighted by atomic mass is 9.78. The van der Waals surface area contributed by atoms with Crippen LogP contribution in [-0.2, 0) is 22.4 Å². The maximum Gasteiger partial charge on any atom is 0.317 e. The number of aromatic hydroxyl groups is 2. The SMILES string of the molecule is CC(NCC(=O)O)C(Cc1ccccc1O)(Cc1ccccc1O)NCC(=O)O. The first kappa shape index (κ1) is 22.2. The Kier molecular flexibility index (Phi) is 7.58. The topological polar surface area (TPSA) is 139 Å². The van der Waals surface area contributed by atoms with E-state index in [1.54, 1.807) is 43.3 Å². The minimum atomic E-state index is -1.07. The molecule has 6 N–H and O–H groups in total. The van der Waals surface area contributed by atoms with Gasteiger partial charge in [-0.3, -0.25) is 14.9 Å². The zero-order valence-corrected chi connectivity index (χ0v) is 16.1. The summed E-state index contributed by atoms with van der Waals surface area (Å²) in [6.07, 6.45) is 0.407. The molecule has 1 unspecified atom stereocenters. The quantitative estimate of drug-likeness (QED) is 0.331. The fraction of sp³-hybridized carbons (Fsp3) is 0.333. The van der Waals surface area contributed by atoms with Crippen LogP contribution in [0.5, 0.6) is 11.5 Å². The summed E-state index contributed by atoms with van der Waals surface area (Å²) in [4.78, 5) is 22.4. The van der Waals surface area contributed by atoms with E-state index in [2.05, 4.69) is 10.6 Å². The number of aliphatic carboxylic acids is 2. The summed E-state index contributed by atoms with van der Waals surface area (Å²) in [5, 5.41) is 44.8. The van der Waals surface area contributed by atoms with Crippen molar-refractivity contribution in [1.82, 2.24) is 10.6 Å². The number of rotatable bonds is 11. The Morgan fingerprint density at radius 3 is 1.72 bits per heavy atom. The zero-order valence-electron chi connectivity index (χ0n) is 16.1. The van der Waals surface area contributed by atoms with Crippen molar-refractivity contribution in [3.63, 3.8) is 0 Å². The summed E-state index contributed by atoms with van der Waals surface area (Å²) in [7, 11) is 0. The minimum Gasteiger partial charge on any atom is -0.508 e. The lowest BCUT2D eigenvalue weighted by molar-refractivity contribution is -0.137. The summed E-state index contributed by atoms with van der Waals surface area (Å²) in [5.74, 6) is -2.02. The molecule has 0 aliphatic heterocycles. The number of carboxylic acids is 2. The molecule has 0 aliphatic carbocycles. The number of carboxylic acid groups (broad SMARTS) is 2. The Balaban J connectivity index is 2.49. The fourth-order valence-corrected chi connectivity index (χ4v) is 3.33. The molecule has 156 valence electrons. The highest BCUT2D eigenvalue weighted by Crippen LogP contribution is 2.30. The number of phenolic OH excluding ortho intramolecular Hbond substituents is 2. The molecule has 0 spiro atoms. The number of phenols is 2. The van der Waals surface area contributed by atoms with Gasteiger partial charge in [0.15, 0.2) is 0 Å². The van der Waals surface area contributed by atoms with E-state index in [1.165, 1.54) is 12.1 Å². The van der Waals surface area contributed by atoms with Crippen LogP contribution in [0.25, 0.3) is 0 Å². The second-order valence-corrected chi connectivity index (χ2v) is 7.01. The number of nitrogens with one attached hydrogen (secondary N) is 2. The molecule has 0 amide bonds. The van der Waals surface area contributed by atoms with Gasteiger partial charge in [-0.15, -0.1) is 0 Å². The van der Waals surface area contributed by atoms with Crippen LogP contribution in [0.2, 0.25) is 0 Å². The molecular formula is C21H26N2O6. The molecule has 2 rings (SSSR count). The van der Waals surface area contributed by atoms with Crippen molar-refractivity contribution in [3.8, 4) is 11.5 Å². The summed E-state index contributed by atoms with van der Waals surface area (Å²) in [5.41, 5.74) is 0.139. The molecule has 2 aromatic carbocycles. The lowest BCUT2D eigenvalue weighted by Crippen LogP contribution is -2.62. The Labute approximate surface area is 168 Å². The van der Waals surface area contributed by atoms with Gasteiger partial charge in [-0.1, -0.05) is 36.4 Å². The molecule has 8 nitrogen and oxygen atoms in total. The Morgan fingerprint density at radius 1 is 0.862 bits per heavy atom. The molecule has 0 heterocycles. The van der Waals surface area contributed by atoms with Crippen LogP contribution < -0.4 is 10.6 Å². The first-order valence-corrected chi connectivity index (χ1v) is 9.19. The summed E-state index contributed by atoms with van der Waals surface area (Å²) in [6.45, 7) is 1.05. The van der Waals surface area contributed by atoms with Crippen molar-refractivity contribution < 1.29 is 30.0 Å². The summed E-state index contributed by atoms with van der Waals surface area (Å²) < 4.78 is 0. The molecule has 1 atom stereocenters. The van der Waals surface area contributed by atoms with Crippen molar-refractivity contribution >= 4 is 11.9 Å². The van der Waals surface area contributed by atoms with Crippen molar-refractivity contribution in [2.75, 3.05) is 13.1 Å². The van der Waals surface area contributed by atoms with Crippen LogP contribution in [0.4, 0.5) is 0 Å². The van der Waals surface area contributed by atoms with Crippen LogP contribution in [-0.4, -0.2) is 57.0 Å². The van der Waals surface area contributed by atoms with E-state index in [0.717, 1.165) is 0 Å². The molecule has 0 aliphatic rings. The number of hydrogen-bond donors (Lipinski definition) is 6. The van der Waals surface area contributed by atoms with Crippen molar-refractivity contribution in [1.29, 1.82) is 0 Å². The van der Waals surface area contributed by atoms with Crippen molar-refractivity contribution in [3.05, 3.63) is 59.7 Å². The largest absolute Gasteiger partial charge is 0.508 e. The van der Waals surface area contributed by atoms with Crippen LogP contribution in [0.1, 0.15) is 18.1 Å². The molecule has 0 saturated heterocycles. The van der Waals surface area contributed by atoms with Gasteiger partial charge in [-0.25, -0.2) is 0 Å².